The van der Waals surface area contributed by atoms with Crippen LogP contribution in [0.3, 0.4) is 0 Å². The molecule has 0 spiro atoms. The molecule has 0 radical (unpaired) electrons. The molecule has 2 amide bonds. The molecule has 1 aliphatic rings. The van der Waals surface area contributed by atoms with Gasteiger partial charge in [0.1, 0.15) is 6.54 Å². The molecule has 7 nitrogen and oxygen atoms in total. The zero-order valence-corrected chi connectivity index (χ0v) is 11.5. The molecule has 1 heterocycles. The fourth-order valence-corrected chi connectivity index (χ4v) is 1.96. The molecule has 0 aliphatic carbocycles. The van der Waals surface area contributed by atoms with E-state index >= 15 is 0 Å². The van der Waals surface area contributed by atoms with Gasteiger partial charge in [-0.05, 0) is 13.8 Å². The molecule has 0 aromatic carbocycles. The Balaban J connectivity index is 2.51. The lowest BCUT2D eigenvalue weighted by molar-refractivity contribution is -0.141. The molecule has 1 rings (SSSR count). The number of carboxylic acid groups (broad SMARTS) is 1. The number of nitrogens with zero attached hydrogens (tertiary/aromatic N) is 2. The van der Waals surface area contributed by atoms with Crippen LogP contribution in [0.2, 0.25) is 0 Å². The molecule has 0 saturated carbocycles. The monoisotopic (exact) mass is 272 g/mol. The molecule has 108 valence electrons. The van der Waals surface area contributed by atoms with E-state index in [2.05, 4.69) is 4.74 Å². The van der Waals surface area contributed by atoms with Gasteiger partial charge in [-0.15, -0.1) is 0 Å². The third-order valence-electron chi connectivity index (χ3n) is 3.09. The van der Waals surface area contributed by atoms with Crippen molar-refractivity contribution in [1.82, 2.24) is 9.80 Å². The van der Waals surface area contributed by atoms with Gasteiger partial charge in [0.15, 0.2) is 0 Å². The van der Waals surface area contributed by atoms with E-state index in [4.69, 9.17) is 5.11 Å². The number of ether oxygens (including phenoxy) is 1. The highest BCUT2D eigenvalue weighted by atomic mass is 16.5. The van der Waals surface area contributed by atoms with Crippen molar-refractivity contribution in [3.05, 3.63) is 0 Å². The summed E-state index contributed by atoms with van der Waals surface area (Å²) in [7, 11) is 1.28. The molecule has 1 fully saturated rings. The first kappa shape index (κ1) is 15.3. The second kappa shape index (κ2) is 6.40. The highest BCUT2D eigenvalue weighted by molar-refractivity contribution is 5.82. The van der Waals surface area contributed by atoms with E-state index in [0.29, 0.717) is 13.1 Å². The second-order valence-electron chi connectivity index (χ2n) is 4.95. The highest BCUT2D eigenvalue weighted by Gasteiger charge is 2.35. The normalized spacial score (nSPS) is 15.1. The van der Waals surface area contributed by atoms with Crippen molar-refractivity contribution >= 4 is 18.0 Å². The van der Waals surface area contributed by atoms with E-state index in [-0.39, 0.29) is 31.0 Å². The Labute approximate surface area is 112 Å². The van der Waals surface area contributed by atoms with Crippen molar-refractivity contribution in [3.63, 3.8) is 0 Å². The minimum absolute atomic E-state index is 0.00795. The number of carbonyl (C=O) groups is 3. The number of carbonyl (C=O) groups excluding carboxylic acids is 2. The zero-order valence-electron chi connectivity index (χ0n) is 11.5. The molecule has 1 aliphatic heterocycles. The molecule has 1 saturated heterocycles. The predicted octanol–water partition coefficient (Wildman–Crippen LogP) is 0.396. The standard InChI is InChI=1S/C12H20N2O5/c1-8(2)14(7-11(17)19-3)12(18)13-5-9(6-13)4-10(15)16/h8-9H,4-7H2,1-3H3,(H,15,16). The van der Waals surface area contributed by atoms with E-state index in [1.54, 1.807) is 4.90 Å². The first-order chi connectivity index (χ1) is 8.85. The van der Waals surface area contributed by atoms with Crippen molar-refractivity contribution in [2.75, 3.05) is 26.7 Å². The zero-order chi connectivity index (χ0) is 14.6. The summed E-state index contributed by atoms with van der Waals surface area (Å²) in [6.07, 6.45) is 0.0719. The van der Waals surface area contributed by atoms with Crippen LogP contribution in [0.1, 0.15) is 20.3 Å². The van der Waals surface area contributed by atoms with Gasteiger partial charge in [-0.2, -0.15) is 0 Å². The van der Waals surface area contributed by atoms with Crippen molar-refractivity contribution in [2.24, 2.45) is 5.92 Å². The van der Waals surface area contributed by atoms with E-state index in [0.717, 1.165) is 0 Å². The van der Waals surface area contributed by atoms with Crippen LogP contribution in [-0.4, -0.2) is 65.7 Å². The average molecular weight is 272 g/mol. The number of rotatable bonds is 5. The van der Waals surface area contributed by atoms with E-state index in [1.165, 1.54) is 12.0 Å². The maximum absolute atomic E-state index is 12.1. The van der Waals surface area contributed by atoms with E-state index in [1.807, 2.05) is 13.8 Å². The number of hydrogen-bond donors (Lipinski definition) is 1. The summed E-state index contributed by atoms with van der Waals surface area (Å²) in [5, 5.41) is 8.65. The summed E-state index contributed by atoms with van der Waals surface area (Å²) in [6.45, 7) is 4.39. The van der Waals surface area contributed by atoms with Crippen LogP contribution >= 0.6 is 0 Å². The summed E-state index contributed by atoms with van der Waals surface area (Å²) in [5.41, 5.74) is 0. The molecular weight excluding hydrogens is 252 g/mol. The van der Waals surface area contributed by atoms with Gasteiger partial charge in [-0.25, -0.2) is 4.79 Å². The smallest absolute Gasteiger partial charge is 0.325 e. The minimum Gasteiger partial charge on any atom is -0.481 e. The number of aliphatic carboxylic acids is 1. The van der Waals surface area contributed by atoms with Gasteiger partial charge in [0.05, 0.1) is 13.5 Å². The predicted molar refractivity (Wildman–Crippen MR) is 66.6 cm³/mol. The number of likely N-dealkylation sites (tertiary alicyclic amines) is 1. The minimum atomic E-state index is -0.854. The average Bonchev–Trinajstić information content (AvgIpc) is 2.28. The molecule has 0 atom stereocenters. The molecule has 0 bridgehead atoms. The third kappa shape index (κ3) is 4.11. The van der Waals surface area contributed by atoms with E-state index < -0.39 is 11.9 Å². The Morgan fingerprint density at radius 3 is 2.37 bits per heavy atom. The topological polar surface area (TPSA) is 87.2 Å². The molecule has 0 aromatic rings. The Morgan fingerprint density at radius 2 is 1.95 bits per heavy atom. The van der Waals surface area contributed by atoms with Crippen molar-refractivity contribution in [3.8, 4) is 0 Å². The van der Waals surface area contributed by atoms with Crippen molar-refractivity contribution < 1.29 is 24.2 Å². The number of carboxylic acids is 1. The lowest BCUT2D eigenvalue weighted by atomic mass is 9.97. The van der Waals surface area contributed by atoms with Crippen LogP contribution in [0.5, 0.6) is 0 Å². The molecule has 0 unspecified atom stereocenters. The fraction of sp³-hybridized carbons (Fsp3) is 0.750. The molecular formula is C12H20N2O5. The van der Waals surface area contributed by atoms with Gasteiger partial charge >= 0.3 is 18.0 Å². The summed E-state index contributed by atoms with van der Waals surface area (Å²) in [6, 6.07) is -0.368. The first-order valence-electron chi connectivity index (χ1n) is 6.19. The number of urea groups is 1. The number of methoxy groups -OCH3 is 1. The summed E-state index contributed by atoms with van der Waals surface area (Å²) in [4.78, 5) is 36.9. The fourth-order valence-electron chi connectivity index (χ4n) is 1.96. The third-order valence-corrected chi connectivity index (χ3v) is 3.09. The van der Waals surface area contributed by atoms with Crippen LogP contribution in [0.4, 0.5) is 4.79 Å². The number of amides is 2. The van der Waals surface area contributed by atoms with Gasteiger partial charge in [0.2, 0.25) is 0 Å². The van der Waals surface area contributed by atoms with E-state index in [9.17, 15) is 14.4 Å². The number of esters is 1. The van der Waals surface area contributed by atoms with Gasteiger partial charge < -0.3 is 19.6 Å². The Kier molecular flexibility index (Phi) is 5.14. The molecule has 1 N–H and O–H groups in total. The van der Waals surface area contributed by atoms with Gasteiger partial charge in [-0.1, -0.05) is 0 Å². The lowest BCUT2D eigenvalue weighted by Gasteiger charge is -2.42. The van der Waals surface area contributed by atoms with Crippen LogP contribution in [-0.2, 0) is 14.3 Å². The molecule has 7 heteroatoms. The Bertz CT molecular complexity index is 363. The Hall–Kier alpha value is -1.79. The summed E-state index contributed by atoms with van der Waals surface area (Å²) < 4.78 is 4.56. The quantitative estimate of drug-likeness (QED) is 0.732. The van der Waals surface area contributed by atoms with Crippen LogP contribution in [0, 0.1) is 5.92 Å². The number of hydrogen-bond acceptors (Lipinski definition) is 4. The maximum Gasteiger partial charge on any atom is 0.325 e. The van der Waals surface area contributed by atoms with Crippen LogP contribution in [0.15, 0.2) is 0 Å². The maximum atomic E-state index is 12.1. The second-order valence-corrected chi connectivity index (χ2v) is 4.95. The Morgan fingerprint density at radius 1 is 1.37 bits per heavy atom. The summed E-state index contributed by atoms with van der Waals surface area (Å²) >= 11 is 0. The van der Waals surface area contributed by atoms with Gasteiger partial charge in [0, 0.05) is 25.0 Å². The van der Waals surface area contributed by atoms with Gasteiger partial charge in [-0.3, -0.25) is 9.59 Å². The summed E-state index contributed by atoms with van der Waals surface area (Å²) in [5.74, 6) is -1.31. The molecule has 19 heavy (non-hydrogen) atoms. The molecule has 0 aromatic heterocycles. The van der Waals surface area contributed by atoms with Crippen LogP contribution in [0.25, 0.3) is 0 Å². The van der Waals surface area contributed by atoms with Gasteiger partial charge in [0.25, 0.3) is 0 Å². The van der Waals surface area contributed by atoms with Crippen LogP contribution < -0.4 is 0 Å². The van der Waals surface area contributed by atoms with Crippen molar-refractivity contribution in [1.29, 1.82) is 0 Å². The lowest BCUT2D eigenvalue weighted by Crippen LogP contribution is -2.57. The largest absolute Gasteiger partial charge is 0.481 e. The van der Waals surface area contributed by atoms with Crippen molar-refractivity contribution in [2.45, 2.75) is 26.3 Å². The first-order valence-corrected chi connectivity index (χ1v) is 6.19. The SMILES string of the molecule is COC(=O)CN(C(=O)N1CC(CC(=O)O)C1)C(C)C. The highest BCUT2D eigenvalue weighted by Crippen LogP contribution is 2.21.